The summed E-state index contributed by atoms with van der Waals surface area (Å²) in [5, 5.41) is 8.77. The highest BCUT2D eigenvalue weighted by molar-refractivity contribution is 5.70. The van der Waals surface area contributed by atoms with E-state index >= 15 is 0 Å². The molecule has 1 saturated heterocycles. The van der Waals surface area contributed by atoms with Crippen LogP contribution in [0, 0.1) is 0 Å². The first-order valence-corrected chi connectivity index (χ1v) is 6.32. The summed E-state index contributed by atoms with van der Waals surface area (Å²) in [5.41, 5.74) is 0. The Morgan fingerprint density at radius 3 is 2.30 bits per heavy atom. The molecule has 20 heavy (non-hydrogen) atoms. The second kappa shape index (κ2) is 7.20. The molecule has 2 unspecified atom stereocenters. The fraction of sp³-hybridized carbons (Fsp3) is 0.462. The average Bonchev–Trinajstić information content (AvgIpc) is 2.47. The lowest BCUT2D eigenvalue weighted by Crippen LogP contribution is -2.66. The van der Waals surface area contributed by atoms with Crippen LogP contribution in [0.15, 0.2) is 30.3 Å². The van der Waals surface area contributed by atoms with Crippen LogP contribution < -0.4 is 20.7 Å². The molecule has 1 aromatic carbocycles. The largest absolute Gasteiger partial charge is 0.414 e. The van der Waals surface area contributed by atoms with E-state index in [-0.39, 0.29) is 12.5 Å². The third-order valence-corrected chi connectivity index (χ3v) is 2.92. The minimum Gasteiger partial charge on any atom is -0.410 e. The van der Waals surface area contributed by atoms with Gasteiger partial charge in [-0.2, -0.15) is 0 Å². The second-order valence-electron chi connectivity index (χ2n) is 4.30. The van der Waals surface area contributed by atoms with Crippen LogP contribution in [0.2, 0.25) is 0 Å². The van der Waals surface area contributed by atoms with E-state index in [4.69, 9.17) is 14.2 Å². The molecule has 7 nitrogen and oxygen atoms in total. The zero-order valence-corrected chi connectivity index (χ0v) is 11.5. The molecule has 1 heterocycles. The standard InChI is InChI=1S/C13H19N3O4/c1-18-10-8-11(19-2)15-12(14-10)16-13(17)20-9-6-4-3-5-7-9/h3-7,10-12,14-15H,8H2,1-2H3,(H,16,17). The van der Waals surface area contributed by atoms with Crippen molar-refractivity contribution in [1.82, 2.24) is 16.0 Å². The summed E-state index contributed by atoms with van der Waals surface area (Å²) in [6, 6.07) is 8.85. The van der Waals surface area contributed by atoms with Crippen molar-refractivity contribution in [3.63, 3.8) is 0 Å². The first-order valence-electron chi connectivity index (χ1n) is 6.32. The fourth-order valence-electron chi connectivity index (χ4n) is 1.91. The highest BCUT2D eigenvalue weighted by Gasteiger charge is 2.28. The Bertz CT molecular complexity index is 417. The molecular weight excluding hydrogens is 262 g/mol. The van der Waals surface area contributed by atoms with Crippen LogP contribution in [0.1, 0.15) is 6.42 Å². The Morgan fingerprint density at radius 1 is 1.15 bits per heavy atom. The van der Waals surface area contributed by atoms with Crippen LogP contribution in [0.25, 0.3) is 0 Å². The van der Waals surface area contributed by atoms with Gasteiger partial charge in [0, 0.05) is 20.6 Å². The molecule has 1 amide bonds. The molecule has 0 spiro atoms. The topological polar surface area (TPSA) is 80.9 Å². The minimum absolute atomic E-state index is 0.205. The van der Waals surface area contributed by atoms with Crippen molar-refractivity contribution in [3.8, 4) is 5.75 Å². The first-order chi connectivity index (χ1) is 9.71. The van der Waals surface area contributed by atoms with Crippen LogP contribution in [0.5, 0.6) is 5.75 Å². The summed E-state index contributed by atoms with van der Waals surface area (Å²) in [5.74, 6) is 0.479. The third kappa shape index (κ3) is 4.17. The van der Waals surface area contributed by atoms with Gasteiger partial charge in [0.15, 0.2) is 0 Å². The number of carbonyl (C=O) groups is 1. The third-order valence-electron chi connectivity index (χ3n) is 2.92. The zero-order chi connectivity index (χ0) is 14.4. The Morgan fingerprint density at radius 2 is 1.75 bits per heavy atom. The van der Waals surface area contributed by atoms with Crippen molar-refractivity contribution >= 4 is 6.09 Å². The molecule has 0 aliphatic carbocycles. The fourth-order valence-corrected chi connectivity index (χ4v) is 1.91. The van der Waals surface area contributed by atoms with E-state index in [1.165, 1.54) is 0 Å². The second-order valence-corrected chi connectivity index (χ2v) is 4.30. The van der Waals surface area contributed by atoms with Gasteiger partial charge in [-0.05, 0) is 12.1 Å². The van der Waals surface area contributed by atoms with Gasteiger partial charge >= 0.3 is 6.09 Å². The van der Waals surface area contributed by atoms with Crippen LogP contribution in [-0.2, 0) is 9.47 Å². The monoisotopic (exact) mass is 281 g/mol. The van der Waals surface area contributed by atoms with Gasteiger partial charge in [-0.1, -0.05) is 18.2 Å². The van der Waals surface area contributed by atoms with Crippen LogP contribution in [0.4, 0.5) is 4.79 Å². The SMILES string of the molecule is COC1CC(OC)NC(NC(=O)Oc2ccccc2)N1. The average molecular weight is 281 g/mol. The molecule has 1 aliphatic heterocycles. The van der Waals surface area contributed by atoms with Crippen LogP contribution >= 0.6 is 0 Å². The molecule has 0 saturated carbocycles. The predicted molar refractivity (Wildman–Crippen MR) is 71.9 cm³/mol. The number of hydrogen-bond acceptors (Lipinski definition) is 6. The quantitative estimate of drug-likeness (QED) is 0.749. The van der Waals surface area contributed by atoms with Crippen molar-refractivity contribution in [3.05, 3.63) is 30.3 Å². The van der Waals surface area contributed by atoms with Gasteiger partial charge in [0.2, 0.25) is 0 Å². The van der Waals surface area contributed by atoms with Crippen molar-refractivity contribution in [2.24, 2.45) is 0 Å². The predicted octanol–water partition coefficient (Wildman–Crippen LogP) is 0.586. The first kappa shape index (κ1) is 14.7. The van der Waals surface area contributed by atoms with Crippen molar-refractivity contribution in [2.45, 2.75) is 25.2 Å². The molecule has 1 aromatic rings. The molecule has 1 fully saturated rings. The van der Waals surface area contributed by atoms with E-state index in [0.717, 1.165) is 0 Å². The maximum atomic E-state index is 11.8. The van der Waals surface area contributed by atoms with Gasteiger partial charge in [0.25, 0.3) is 0 Å². The van der Waals surface area contributed by atoms with Gasteiger partial charge in [-0.25, -0.2) is 4.79 Å². The highest BCUT2D eigenvalue weighted by Crippen LogP contribution is 2.09. The molecule has 1 aliphatic rings. The lowest BCUT2D eigenvalue weighted by atomic mass is 10.3. The van der Waals surface area contributed by atoms with E-state index < -0.39 is 12.4 Å². The summed E-state index contributed by atoms with van der Waals surface area (Å²) >= 11 is 0. The lowest BCUT2D eigenvalue weighted by molar-refractivity contribution is -0.0579. The summed E-state index contributed by atoms with van der Waals surface area (Å²) in [6.07, 6.45) is -0.826. The molecular formula is C13H19N3O4. The Kier molecular flexibility index (Phi) is 5.31. The normalized spacial score (nSPS) is 26.0. The van der Waals surface area contributed by atoms with E-state index in [1.807, 2.05) is 6.07 Å². The van der Waals surface area contributed by atoms with E-state index in [2.05, 4.69) is 16.0 Å². The smallest absolute Gasteiger partial charge is 0.410 e. The highest BCUT2D eigenvalue weighted by atomic mass is 16.6. The van der Waals surface area contributed by atoms with E-state index in [1.54, 1.807) is 38.5 Å². The summed E-state index contributed by atoms with van der Waals surface area (Å²) in [6.45, 7) is 0. The molecule has 3 N–H and O–H groups in total. The van der Waals surface area contributed by atoms with Crippen molar-refractivity contribution in [1.29, 1.82) is 0 Å². The number of methoxy groups -OCH3 is 2. The van der Waals surface area contributed by atoms with E-state index in [0.29, 0.717) is 12.2 Å². The minimum atomic E-state index is -0.562. The van der Waals surface area contributed by atoms with Gasteiger partial charge in [0.1, 0.15) is 24.5 Å². The zero-order valence-electron chi connectivity index (χ0n) is 11.5. The number of carbonyl (C=O) groups excluding carboxylic acids is 1. The molecule has 7 heteroatoms. The number of benzene rings is 1. The molecule has 0 aromatic heterocycles. The number of rotatable bonds is 4. The molecule has 2 rings (SSSR count). The van der Waals surface area contributed by atoms with Gasteiger partial charge < -0.3 is 14.2 Å². The molecule has 2 atom stereocenters. The van der Waals surface area contributed by atoms with Gasteiger partial charge in [-0.3, -0.25) is 16.0 Å². The Labute approximate surface area is 117 Å². The van der Waals surface area contributed by atoms with Gasteiger partial charge in [-0.15, -0.1) is 0 Å². The molecule has 0 radical (unpaired) electrons. The molecule has 0 bridgehead atoms. The van der Waals surface area contributed by atoms with Crippen molar-refractivity contribution in [2.75, 3.05) is 14.2 Å². The summed E-state index contributed by atoms with van der Waals surface area (Å²) < 4.78 is 15.6. The number of para-hydroxylation sites is 1. The Hall–Kier alpha value is -1.67. The maximum Gasteiger partial charge on any atom is 0.414 e. The summed E-state index contributed by atoms with van der Waals surface area (Å²) in [7, 11) is 3.18. The lowest BCUT2D eigenvalue weighted by Gasteiger charge is -2.35. The number of ether oxygens (including phenoxy) is 3. The van der Waals surface area contributed by atoms with Crippen LogP contribution in [-0.4, -0.2) is 39.1 Å². The maximum absolute atomic E-state index is 11.8. The van der Waals surface area contributed by atoms with Crippen molar-refractivity contribution < 1.29 is 19.0 Å². The number of hydrogen-bond donors (Lipinski definition) is 3. The Balaban J connectivity index is 1.86. The number of amides is 1. The van der Waals surface area contributed by atoms with Crippen LogP contribution in [0.3, 0.4) is 0 Å². The van der Waals surface area contributed by atoms with Gasteiger partial charge in [0.05, 0.1) is 0 Å². The summed E-state index contributed by atoms with van der Waals surface area (Å²) in [4.78, 5) is 11.8. The number of nitrogens with one attached hydrogen (secondary N) is 3. The molecule has 110 valence electrons. The van der Waals surface area contributed by atoms with E-state index in [9.17, 15) is 4.79 Å².